The Labute approximate surface area is 173 Å². The van der Waals surface area contributed by atoms with Crippen LogP contribution in [-0.4, -0.2) is 45.5 Å². The number of esters is 2. The van der Waals surface area contributed by atoms with Crippen molar-refractivity contribution in [2.75, 3.05) is 24.6 Å². The van der Waals surface area contributed by atoms with Crippen LogP contribution in [0.1, 0.15) is 22.8 Å². The molecule has 30 heavy (non-hydrogen) atoms. The number of sulfonamides is 1. The molecule has 0 aliphatic rings. The van der Waals surface area contributed by atoms with Crippen molar-refractivity contribution in [3.63, 3.8) is 0 Å². The van der Waals surface area contributed by atoms with Gasteiger partial charge in [0.05, 0.1) is 34.8 Å². The van der Waals surface area contributed by atoms with E-state index in [0.717, 1.165) is 28.6 Å². The fraction of sp³-hybridized carbons (Fsp3) is 0.263. The van der Waals surface area contributed by atoms with Gasteiger partial charge in [-0.3, -0.25) is 19.2 Å². The summed E-state index contributed by atoms with van der Waals surface area (Å²) >= 11 is 0. The Hall–Kier alpha value is -3.47. The van der Waals surface area contributed by atoms with Crippen LogP contribution in [0.2, 0.25) is 0 Å². The second-order valence-corrected chi connectivity index (χ2v) is 7.92. The summed E-state index contributed by atoms with van der Waals surface area (Å²) in [4.78, 5) is 34.0. The van der Waals surface area contributed by atoms with Gasteiger partial charge in [0, 0.05) is 12.1 Å². The predicted molar refractivity (Wildman–Crippen MR) is 107 cm³/mol. The maximum absolute atomic E-state index is 13.3. The van der Waals surface area contributed by atoms with Crippen LogP contribution in [0.15, 0.2) is 47.4 Å². The number of nitro groups is 1. The average molecular weight is 436 g/mol. The van der Waals surface area contributed by atoms with Gasteiger partial charge in [0.25, 0.3) is 15.7 Å². The van der Waals surface area contributed by atoms with Crippen molar-refractivity contribution in [3.05, 3.63) is 63.7 Å². The second kappa shape index (κ2) is 9.35. The normalized spacial score (nSPS) is 10.9. The molecule has 0 aliphatic heterocycles. The average Bonchev–Trinajstić information content (AvgIpc) is 2.72. The Morgan fingerprint density at radius 2 is 1.77 bits per heavy atom. The lowest BCUT2D eigenvalue weighted by Gasteiger charge is -2.25. The minimum atomic E-state index is -4.32. The molecule has 2 aromatic carbocycles. The molecular formula is C19H20N2O8S. The van der Waals surface area contributed by atoms with E-state index in [0.29, 0.717) is 5.56 Å². The number of carbonyl (C=O) groups excluding carboxylic acids is 2. The monoisotopic (exact) mass is 436 g/mol. The van der Waals surface area contributed by atoms with E-state index in [1.807, 2.05) is 0 Å². The molecule has 2 rings (SSSR count). The van der Waals surface area contributed by atoms with Gasteiger partial charge in [-0.2, -0.15) is 0 Å². The topological polar surface area (TPSA) is 133 Å². The third kappa shape index (κ3) is 4.92. The second-order valence-electron chi connectivity index (χ2n) is 6.06. The van der Waals surface area contributed by atoms with Crippen LogP contribution < -0.4 is 4.31 Å². The van der Waals surface area contributed by atoms with E-state index < -0.39 is 33.4 Å². The SMILES string of the molecule is CCOC(=O)CN(c1cc(C(=O)OC)ccc1C)S(=O)(=O)c1ccc([N+](=O)[O-])cc1. The highest BCUT2D eigenvalue weighted by Gasteiger charge is 2.30. The van der Waals surface area contributed by atoms with Crippen LogP contribution in [-0.2, 0) is 24.3 Å². The Bertz CT molecular complexity index is 1060. The van der Waals surface area contributed by atoms with Crippen molar-refractivity contribution in [3.8, 4) is 0 Å². The smallest absolute Gasteiger partial charge is 0.337 e. The number of anilines is 1. The third-order valence-electron chi connectivity index (χ3n) is 4.11. The third-order valence-corrected chi connectivity index (χ3v) is 5.89. The van der Waals surface area contributed by atoms with Crippen LogP contribution in [0.25, 0.3) is 0 Å². The molecule has 0 spiro atoms. The zero-order valence-electron chi connectivity index (χ0n) is 16.5. The number of carbonyl (C=O) groups is 2. The van der Waals surface area contributed by atoms with Crippen LogP contribution in [0.3, 0.4) is 0 Å². The Balaban J connectivity index is 2.61. The van der Waals surface area contributed by atoms with E-state index in [-0.39, 0.29) is 28.4 Å². The van der Waals surface area contributed by atoms with E-state index in [2.05, 4.69) is 4.74 Å². The lowest BCUT2D eigenvalue weighted by atomic mass is 10.1. The van der Waals surface area contributed by atoms with Crippen LogP contribution in [0.5, 0.6) is 0 Å². The molecule has 0 amide bonds. The van der Waals surface area contributed by atoms with Gasteiger partial charge in [-0.25, -0.2) is 13.2 Å². The zero-order valence-corrected chi connectivity index (χ0v) is 17.3. The number of methoxy groups -OCH3 is 1. The number of benzene rings is 2. The van der Waals surface area contributed by atoms with E-state index in [1.165, 1.54) is 25.3 Å². The molecule has 2 aromatic rings. The van der Waals surface area contributed by atoms with Crippen molar-refractivity contribution in [1.29, 1.82) is 0 Å². The highest BCUT2D eigenvalue weighted by molar-refractivity contribution is 7.92. The first-order valence-corrected chi connectivity index (χ1v) is 10.2. The molecule has 10 nitrogen and oxygen atoms in total. The first-order valence-electron chi connectivity index (χ1n) is 8.73. The lowest BCUT2D eigenvalue weighted by molar-refractivity contribution is -0.384. The Morgan fingerprint density at radius 3 is 2.30 bits per heavy atom. The molecule has 0 saturated heterocycles. The van der Waals surface area contributed by atoms with Gasteiger partial charge in [0.1, 0.15) is 6.54 Å². The molecule has 0 radical (unpaired) electrons. The summed E-state index contributed by atoms with van der Waals surface area (Å²) in [6.07, 6.45) is 0. The number of ether oxygens (including phenoxy) is 2. The number of hydrogen-bond donors (Lipinski definition) is 0. The fourth-order valence-electron chi connectivity index (χ4n) is 2.61. The molecule has 11 heteroatoms. The molecule has 0 bridgehead atoms. The van der Waals surface area contributed by atoms with Crippen molar-refractivity contribution in [2.24, 2.45) is 0 Å². The molecule has 0 unspecified atom stereocenters. The van der Waals surface area contributed by atoms with Crippen LogP contribution >= 0.6 is 0 Å². The number of aryl methyl sites for hydroxylation is 1. The van der Waals surface area contributed by atoms with E-state index in [9.17, 15) is 28.1 Å². The predicted octanol–water partition coefficient (Wildman–Crippen LogP) is 2.45. The zero-order chi connectivity index (χ0) is 22.5. The molecule has 0 atom stereocenters. The van der Waals surface area contributed by atoms with E-state index in [1.54, 1.807) is 13.8 Å². The summed E-state index contributed by atoms with van der Waals surface area (Å²) in [7, 11) is -3.14. The van der Waals surface area contributed by atoms with Crippen LogP contribution in [0, 0.1) is 17.0 Å². The quantitative estimate of drug-likeness (QED) is 0.350. The van der Waals surface area contributed by atoms with Crippen molar-refractivity contribution < 1.29 is 32.4 Å². The molecule has 0 saturated carbocycles. The van der Waals surface area contributed by atoms with Gasteiger partial charge in [-0.15, -0.1) is 0 Å². The van der Waals surface area contributed by atoms with Crippen molar-refractivity contribution in [1.82, 2.24) is 0 Å². The lowest BCUT2D eigenvalue weighted by Crippen LogP contribution is -2.37. The summed E-state index contributed by atoms with van der Waals surface area (Å²) < 4.78 is 36.9. The summed E-state index contributed by atoms with van der Waals surface area (Å²) in [5, 5.41) is 10.8. The molecule has 160 valence electrons. The molecule has 0 N–H and O–H groups in total. The van der Waals surface area contributed by atoms with Gasteiger partial charge < -0.3 is 9.47 Å². The summed E-state index contributed by atoms with van der Waals surface area (Å²) in [6, 6.07) is 8.52. The number of non-ortho nitro benzene ring substituents is 1. The van der Waals surface area contributed by atoms with Crippen molar-refractivity contribution >= 4 is 33.3 Å². The molecule has 0 heterocycles. The van der Waals surface area contributed by atoms with Gasteiger partial charge in [-0.05, 0) is 43.7 Å². The number of hydrogen-bond acceptors (Lipinski definition) is 8. The van der Waals surface area contributed by atoms with Gasteiger partial charge in [0.2, 0.25) is 0 Å². The largest absolute Gasteiger partial charge is 0.465 e. The molecule has 0 aliphatic carbocycles. The Kier molecular flexibility index (Phi) is 7.11. The highest BCUT2D eigenvalue weighted by Crippen LogP contribution is 2.29. The maximum Gasteiger partial charge on any atom is 0.337 e. The molecular weight excluding hydrogens is 416 g/mol. The van der Waals surface area contributed by atoms with E-state index in [4.69, 9.17) is 4.74 Å². The number of nitro benzene ring substituents is 1. The van der Waals surface area contributed by atoms with Crippen molar-refractivity contribution in [2.45, 2.75) is 18.7 Å². The van der Waals surface area contributed by atoms with Gasteiger partial charge in [-0.1, -0.05) is 6.07 Å². The first-order chi connectivity index (χ1) is 14.1. The van der Waals surface area contributed by atoms with Crippen LogP contribution in [0.4, 0.5) is 11.4 Å². The summed E-state index contributed by atoms with van der Waals surface area (Å²) in [5.74, 6) is -1.48. The minimum Gasteiger partial charge on any atom is -0.465 e. The van der Waals surface area contributed by atoms with Gasteiger partial charge >= 0.3 is 11.9 Å². The summed E-state index contributed by atoms with van der Waals surface area (Å²) in [5.41, 5.74) is 0.349. The highest BCUT2D eigenvalue weighted by atomic mass is 32.2. The maximum atomic E-state index is 13.3. The Morgan fingerprint density at radius 1 is 1.13 bits per heavy atom. The standard InChI is InChI=1S/C19H20N2O8S/c1-4-29-18(22)12-20(17-11-14(19(23)28-3)6-5-13(17)2)30(26,27)16-9-7-15(8-10-16)21(24)25/h5-11H,4,12H2,1-3H3. The summed E-state index contributed by atoms with van der Waals surface area (Å²) in [6.45, 7) is 2.58. The number of nitrogens with zero attached hydrogens (tertiary/aromatic N) is 2. The molecule has 0 aromatic heterocycles. The first kappa shape index (κ1) is 22.8. The van der Waals surface area contributed by atoms with E-state index >= 15 is 0 Å². The fourth-order valence-corrected chi connectivity index (χ4v) is 4.08. The number of rotatable bonds is 8. The minimum absolute atomic E-state index is 0.0471. The molecule has 0 fully saturated rings. The van der Waals surface area contributed by atoms with Gasteiger partial charge in [0.15, 0.2) is 0 Å².